The van der Waals surface area contributed by atoms with Crippen molar-refractivity contribution in [1.29, 1.82) is 0 Å². The summed E-state index contributed by atoms with van der Waals surface area (Å²) in [4.78, 5) is 37.9. The Morgan fingerprint density at radius 2 is 1.24 bits per heavy atom. The van der Waals surface area contributed by atoms with Crippen LogP contribution in [-0.4, -0.2) is 104 Å². The van der Waals surface area contributed by atoms with Gasteiger partial charge in [-0.1, -0.05) is 147 Å². The molecule has 1 unspecified atom stereocenters. The maximum Gasteiger partial charge on any atom is 0.306 e. The number of aliphatic hydroxyl groups excluding tert-OH is 3. The zero-order valence-electron chi connectivity index (χ0n) is 40.4. The van der Waals surface area contributed by atoms with Gasteiger partial charge < -0.3 is 43.2 Å². The Balaban J connectivity index is 2.43. The van der Waals surface area contributed by atoms with E-state index in [4.69, 9.17) is 18.5 Å². The molecule has 368 valence electrons. The summed E-state index contributed by atoms with van der Waals surface area (Å²) in [7, 11) is 1.03. The van der Waals surface area contributed by atoms with Crippen LogP contribution >= 0.6 is 7.82 Å². The summed E-state index contributed by atoms with van der Waals surface area (Å²) in [5.41, 5.74) is 0. The molecule has 12 nitrogen and oxygen atoms in total. The lowest BCUT2D eigenvalue weighted by molar-refractivity contribution is -0.870. The molecule has 0 aromatic heterocycles. The summed E-state index contributed by atoms with van der Waals surface area (Å²) in [5.74, 6) is -1.43. The molecule has 3 N–H and O–H groups in total. The van der Waals surface area contributed by atoms with Gasteiger partial charge in [0.1, 0.15) is 19.8 Å². The average molecular weight is 914 g/mol. The highest BCUT2D eigenvalue weighted by Crippen LogP contribution is 2.39. The summed E-state index contributed by atoms with van der Waals surface area (Å²) in [5, 5.41) is 31.4. The fraction of sp³-hybridized carbons (Fsp3) is 0.840. The van der Waals surface area contributed by atoms with Gasteiger partial charge in [-0.25, -0.2) is 0 Å². The Morgan fingerprint density at radius 1 is 0.698 bits per heavy atom. The zero-order chi connectivity index (χ0) is 46.6. The van der Waals surface area contributed by atoms with Crippen molar-refractivity contribution in [3.63, 3.8) is 0 Å². The van der Waals surface area contributed by atoms with E-state index in [1.165, 1.54) is 83.5 Å². The van der Waals surface area contributed by atoms with Crippen molar-refractivity contribution in [3.05, 3.63) is 36.5 Å². The van der Waals surface area contributed by atoms with Gasteiger partial charge in [-0.15, -0.1) is 0 Å². The molecule has 0 aliphatic heterocycles. The number of phosphoric acid groups is 1. The second-order valence-electron chi connectivity index (χ2n) is 18.8. The van der Waals surface area contributed by atoms with Crippen LogP contribution in [0.15, 0.2) is 36.5 Å². The Kier molecular flexibility index (Phi) is 34.9. The molecule has 1 saturated carbocycles. The normalized spacial score (nSPS) is 20.2. The number of rotatable bonds is 41. The molecule has 0 saturated heterocycles. The predicted octanol–water partition coefficient (Wildman–Crippen LogP) is 10.2. The van der Waals surface area contributed by atoms with Crippen molar-refractivity contribution in [1.82, 2.24) is 0 Å². The molecule has 0 bridgehead atoms. The largest absolute Gasteiger partial charge is 0.756 e. The van der Waals surface area contributed by atoms with Gasteiger partial charge in [0.25, 0.3) is 7.82 Å². The second kappa shape index (κ2) is 37.2. The van der Waals surface area contributed by atoms with Gasteiger partial charge in [-0.3, -0.25) is 14.2 Å². The quantitative estimate of drug-likeness (QED) is 0.0175. The van der Waals surface area contributed by atoms with Gasteiger partial charge in [0.15, 0.2) is 6.10 Å². The first-order valence-corrected chi connectivity index (χ1v) is 26.4. The first kappa shape index (κ1) is 59.1. The lowest BCUT2D eigenvalue weighted by Crippen LogP contribution is -2.37. The highest BCUT2D eigenvalue weighted by molar-refractivity contribution is 7.45. The number of aliphatic hydroxyl groups is 3. The lowest BCUT2D eigenvalue weighted by Gasteiger charge is -2.28. The van der Waals surface area contributed by atoms with E-state index < -0.39 is 50.8 Å². The van der Waals surface area contributed by atoms with Gasteiger partial charge in [-0.2, -0.15) is 0 Å². The van der Waals surface area contributed by atoms with E-state index in [9.17, 15) is 34.4 Å². The highest BCUT2D eigenvalue weighted by atomic mass is 31.2. The predicted molar refractivity (Wildman–Crippen MR) is 252 cm³/mol. The minimum Gasteiger partial charge on any atom is -0.756 e. The molecule has 13 heteroatoms. The smallest absolute Gasteiger partial charge is 0.306 e. The van der Waals surface area contributed by atoms with Crippen LogP contribution in [0.5, 0.6) is 0 Å². The van der Waals surface area contributed by atoms with Gasteiger partial charge in [0.2, 0.25) is 0 Å². The number of carbonyl (C=O) groups excluding carboxylic acids is 2. The Hall–Kier alpha value is -1.89. The van der Waals surface area contributed by atoms with E-state index in [1.54, 1.807) is 6.08 Å². The highest BCUT2D eigenvalue weighted by Gasteiger charge is 2.39. The minimum atomic E-state index is -4.69. The van der Waals surface area contributed by atoms with E-state index in [2.05, 4.69) is 26.0 Å². The van der Waals surface area contributed by atoms with Crippen molar-refractivity contribution in [2.75, 3.05) is 47.5 Å². The maximum atomic E-state index is 12.8. The molecule has 0 heterocycles. The molecule has 0 amide bonds. The third-order valence-corrected chi connectivity index (χ3v) is 12.7. The Labute approximate surface area is 383 Å². The van der Waals surface area contributed by atoms with Crippen molar-refractivity contribution >= 4 is 19.8 Å². The van der Waals surface area contributed by atoms with Gasteiger partial charge in [-0.05, 0) is 63.7 Å². The summed E-state index contributed by atoms with van der Waals surface area (Å²) in [6.07, 6.45) is 35.5. The van der Waals surface area contributed by atoms with Crippen LogP contribution in [0.25, 0.3) is 0 Å². The molecule has 0 spiro atoms. The lowest BCUT2D eigenvalue weighted by atomic mass is 9.89. The van der Waals surface area contributed by atoms with Crippen LogP contribution in [-0.2, 0) is 32.7 Å². The number of carbonyl (C=O) groups is 2. The van der Waals surface area contributed by atoms with E-state index >= 15 is 0 Å². The maximum absolute atomic E-state index is 12.8. The van der Waals surface area contributed by atoms with Crippen LogP contribution in [0.4, 0.5) is 0 Å². The Bertz CT molecular complexity index is 1290. The zero-order valence-corrected chi connectivity index (χ0v) is 41.2. The van der Waals surface area contributed by atoms with Crippen LogP contribution in [0, 0.1) is 11.8 Å². The van der Waals surface area contributed by atoms with E-state index in [1.807, 2.05) is 39.4 Å². The average Bonchev–Trinajstić information content (AvgIpc) is 3.50. The van der Waals surface area contributed by atoms with Gasteiger partial charge in [0, 0.05) is 25.2 Å². The number of ether oxygens (including phenoxy) is 2. The van der Waals surface area contributed by atoms with Crippen molar-refractivity contribution < 1.29 is 57.4 Å². The number of allylic oxidation sites excluding steroid dienone is 4. The first-order chi connectivity index (χ1) is 30.2. The van der Waals surface area contributed by atoms with E-state index in [0.717, 1.165) is 38.5 Å². The molecular formula is C50H92NO11P. The monoisotopic (exact) mass is 914 g/mol. The number of nitrogens with zero attached hydrogens (tertiary/aromatic N) is 1. The topological polar surface area (TPSA) is 172 Å². The van der Waals surface area contributed by atoms with Crippen LogP contribution in [0.3, 0.4) is 0 Å². The van der Waals surface area contributed by atoms with Crippen molar-refractivity contribution in [2.45, 2.75) is 212 Å². The number of phosphoric ester groups is 1. The van der Waals surface area contributed by atoms with Gasteiger partial charge in [0.05, 0.1) is 46.1 Å². The molecule has 0 aromatic rings. The van der Waals surface area contributed by atoms with E-state index in [0.29, 0.717) is 49.6 Å². The SMILES string of the molecule is CCCCCCCC/C=C\CCCCCCCCCCCC(=O)O[C@H](COC(=O)CCC/C=C/C[C@@H]1[C@@H](/C=C/[C@@H](O)CCCCC)[C@H](O)C[C@@H]1O)COP(=O)([O-])OCC[N+](C)(C)C. The molecule has 1 rings (SSSR count). The number of hydrogen-bond donors (Lipinski definition) is 3. The molecule has 7 atom stereocenters. The standard InChI is InChI=1S/C50H92NO11P/c1-6-8-10-11-12-13-14-15-16-17-18-19-20-21-22-23-24-25-31-35-50(56)62-44(42-61-63(57,58)60-39-38-51(3,4)5)41-59-49(55)34-30-27-26-29-33-45-46(48(54)40-47(45)53)37-36-43(52)32-28-9-7-2/h15-16,26,29,36-37,43-48,52-54H,6-14,17-25,27-28,30-35,38-42H2,1-5H3/b16-15-,29-26+,37-36+/t43-,44+,45+,46+,47-,48+/m0/s1. The number of unbranched alkanes of at least 4 members (excludes halogenated alkanes) is 18. The summed E-state index contributed by atoms with van der Waals surface area (Å²) in [6, 6.07) is 0. The number of hydrogen-bond acceptors (Lipinski definition) is 11. The van der Waals surface area contributed by atoms with E-state index in [-0.39, 0.29) is 37.9 Å². The van der Waals surface area contributed by atoms with Crippen molar-refractivity contribution in [2.24, 2.45) is 11.8 Å². The van der Waals surface area contributed by atoms with Crippen LogP contribution < -0.4 is 4.89 Å². The second-order valence-corrected chi connectivity index (χ2v) is 20.2. The van der Waals surface area contributed by atoms with Crippen LogP contribution in [0.1, 0.15) is 187 Å². The number of esters is 2. The van der Waals surface area contributed by atoms with Gasteiger partial charge >= 0.3 is 11.9 Å². The summed E-state index contributed by atoms with van der Waals surface area (Å²) < 4.78 is 33.9. The summed E-state index contributed by atoms with van der Waals surface area (Å²) in [6.45, 7) is 3.86. The minimum absolute atomic E-state index is 0.0701. The molecule has 1 aliphatic carbocycles. The summed E-state index contributed by atoms with van der Waals surface area (Å²) >= 11 is 0. The number of likely N-dealkylation sites (N-methyl/N-ethyl adjacent to an activating group) is 1. The first-order valence-electron chi connectivity index (χ1n) is 25.0. The van der Waals surface area contributed by atoms with Crippen LogP contribution in [0.2, 0.25) is 0 Å². The molecule has 0 radical (unpaired) electrons. The fourth-order valence-electron chi connectivity index (χ4n) is 7.70. The molecule has 0 aromatic carbocycles. The Morgan fingerprint density at radius 3 is 1.86 bits per heavy atom. The number of quaternary nitrogens is 1. The molecule has 63 heavy (non-hydrogen) atoms. The molecule has 1 aliphatic rings. The molecule has 1 fully saturated rings. The third-order valence-electron chi connectivity index (χ3n) is 11.7. The third kappa shape index (κ3) is 34.1. The van der Waals surface area contributed by atoms with Crippen molar-refractivity contribution in [3.8, 4) is 0 Å². The fourth-order valence-corrected chi connectivity index (χ4v) is 8.43. The molecular weight excluding hydrogens is 822 g/mol.